The summed E-state index contributed by atoms with van der Waals surface area (Å²) >= 11 is 5.97. The van der Waals surface area contributed by atoms with E-state index in [1.54, 1.807) is 30.3 Å². The molecule has 0 radical (unpaired) electrons. The van der Waals surface area contributed by atoms with Crippen LogP contribution in [-0.2, 0) is 0 Å². The van der Waals surface area contributed by atoms with E-state index in [0.717, 1.165) is 0 Å². The second-order valence-electron chi connectivity index (χ2n) is 4.52. The molecule has 1 fully saturated rings. The maximum absolute atomic E-state index is 8.59. The molecule has 0 aliphatic carbocycles. The minimum Gasteiger partial charge on any atom is -0.304 e. The van der Waals surface area contributed by atoms with Crippen molar-refractivity contribution in [3.8, 4) is 0 Å². The lowest BCUT2D eigenvalue weighted by Crippen LogP contribution is -2.46. The molecule has 0 bridgehead atoms. The number of likely N-dealkylation sites (N-methyl/N-ethyl adjacent to an activating group) is 1. The van der Waals surface area contributed by atoms with Gasteiger partial charge in [0.2, 0.25) is 0 Å². The molecule has 110 valence electrons. The molecule has 0 spiro atoms. The van der Waals surface area contributed by atoms with Gasteiger partial charge in [-0.1, -0.05) is 54.1 Å². The number of benzene rings is 2. The summed E-state index contributed by atoms with van der Waals surface area (Å²) in [6.07, 6.45) is 0. The monoisotopic (exact) mass is 311 g/mol. The number of nitrogens with zero attached hydrogens (tertiary/aromatic N) is 2. The quantitative estimate of drug-likeness (QED) is 0.853. The third-order valence-corrected chi connectivity index (χ3v) is 3.38. The van der Waals surface area contributed by atoms with Gasteiger partial charge in [0.15, 0.2) is 0 Å². The molecular weight excluding hydrogens is 280 g/mol. The zero-order valence-electron chi connectivity index (χ0n) is 22.0. The summed E-state index contributed by atoms with van der Waals surface area (Å²) in [5, 5.41) is 0.365. The molecule has 21 heavy (non-hydrogen) atoms. The van der Waals surface area contributed by atoms with Crippen LogP contribution in [0.5, 0.6) is 0 Å². The first-order valence-electron chi connectivity index (χ1n) is 11.9. The fourth-order valence-corrected chi connectivity index (χ4v) is 2.29. The van der Waals surface area contributed by atoms with Gasteiger partial charge in [-0.15, -0.1) is 0 Å². The Morgan fingerprint density at radius 1 is 0.952 bits per heavy atom. The van der Waals surface area contributed by atoms with E-state index in [2.05, 4.69) is 0 Å². The van der Waals surface area contributed by atoms with E-state index in [9.17, 15) is 0 Å². The van der Waals surface area contributed by atoms with Crippen molar-refractivity contribution < 1.29 is 15.1 Å². The van der Waals surface area contributed by atoms with Crippen molar-refractivity contribution in [1.82, 2.24) is 9.80 Å². The highest BCUT2D eigenvalue weighted by atomic mass is 35.5. The van der Waals surface area contributed by atoms with Gasteiger partial charge in [0.05, 0.1) is 6.04 Å². The van der Waals surface area contributed by atoms with Crippen LogP contribution in [0.2, 0.25) is 5.02 Å². The molecule has 0 aromatic heterocycles. The fraction of sp³-hybridized carbons (Fsp3) is 0.333. The fourth-order valence-electron chi connectivity index (χ4n) is 2.16. The largest absolute Gasteiger partial charge is 0.304 e. The van der Waals surface area contributed by atoms with E-state index in [1.807, 2.05) is 0 Å². The van der Waals surface area contributed by atoms with Crippen LogP contribution < -0.4 is 0 Å². The predicted molar refractivity (Wildman–Crippen MR) is 88.8 cm³/mol. The first-order valence-corrected chi connectivity index (χ1v) is 6.75. The first kappa shape index (κ1) is 6.41. The Morgan fingerprint density at radius 2 is 1.57 bits per heavy atom. The molecule has 2 nitrogen and oxygen atoms in total. The normalized spacial score (nSPS) is 36.5. The van der Waals surface area contributed by atoms with E-state index in [-0.39, 0.29) is 4.90 Å². The van der Waals surface area contributed by atoms with Gasteiger partial charge >= 0.3 is 0 Å². The van der Waals surface area contributed by atoms with Crippen LogP contribution >= 0.6 is 11.6 Å². The van der Waals surface area contributed by atoms with E-state index in [0.29, 0.717) is 21.0 Å². The lowest BCUT2D eigenvalue weighted by molar-refractivity contribution is 0.127. The summed E-state index contributed by atoms with van der Waals surface area (Å²) in [4.78, 5) is 0.119. The Hall–Kier alpha value is -1.35. The molecule has 0 saturated carbocycles. The number of piperazine rings is 1. The lowest BCUT2D eigenvalue weighted by atomic mass is 9.96. The third kappa shape index (κ3) is 3.46. The molecular formula is C18H21ClN2. The zero-order valence-corrected chi connectivity index (χ0v) is 11.8. The SMILES string of the molecule is [2H]C([2H])([2H])N1C([2H])([2H])C([2H])([2H])N(C(c2ccccc2)c2ccc(Cl)cc2)C([2H])([2H])C1([2H])[2H]. The van der Waals surface area contributed by atoms with Crippen LogP contribution in [0.1, 0.15) is 32.2 Å². The summed E-state index contributed by atoms with van der Waals surface area (Å²) in [5.74, 6) is 0. The molecule has 1 aliphatic heterocycles. The minimum absolute atomic E-state index is 0.322. The van der Waals surface area contributed by atoms with E-state index < -0.39 is 39.0 Å². The maximum Gasteiger partial charge on any atom is 0.0602 e. The first-order chi connectivity index (χ1) is 14.5. The lowest BCUT2D eigenvalue weighted by Gasteiger charge is -2.38. The summed E-state index contributed by atoms with van der Waals surface area (Å²) in [5.41, 5.74) is 0.679. The van der Waals surface area contributed by atoms with Gasteiger partial charge in [-0.05, 0) is 30.2 Å². The highest BCUT2D eigenvalue weighted by molar-refractivity contribution is 6.30. The van der Waals surface area contributed by atoms with Gasteiger partial charge < -0.3 is 4.90 Å². The van der Waals surface area contributed by atoms with Gasteiger partial charge in [-0.25, -0.2) is 0 Å². The summed E-state index contributed by atoms with van der Waals surface area (Å²) in [6.45, 7) is -16.9. The van der Waals surface area contributed by atoms with Gasteiger partial charge in [0.25, 0.3) is 0 Å². The van der Waals surface area contributed by atoms with Crippen LogP contribution in [0.15, 0.2) is 54.6 Å². The van der Waals surface area contributed by atoms with Crippen molar-refractivity contribution in [2.45, 2.75) is 6.04 Å². The highest BCUT2D eigenvalue weighted by Crippen LogP contribution is 2.30. The van der Waals surface area contributed by atoms with Crippen molar-refractivity contribution in [3.63, 3.8) is 0 Å². The molecule has 0 N–H and O–H groups in total. The van der Waals surface area contributed by atoms with Crippen molar-refractivity contribution in [2.75, 3.05) is 33.0 Å². The van der Waals surface area contributed by atoms with Crippen LogP contribution in [0.3, 0.4) is 0 Å². The predicted octanol–water partition coefficient (Wildman–Crippen LogP) is 3.68. The Morgan fingerprint density at radius 3 is 2.19 bits per heavy atom. The molecule has 1 atom stereocenters. The van der Waals surface area contributed by atoms with E-state index in [1.165, 1.54) is 24.3 Å². The molecule has 1 saturated heterocycles. The number of hydrogen-bond donors (Lipinski definition) is 0. The Kier molecular flexibility index (Phi) is 2.02. The van der Waals surface area contributed by atoms with Crippen molar-refractivity contribution in [1.29, 1.82) is 0 Å². The van der Waals surface area contributed by atoms with Crippen LogP contribution in [-0.4, -0.2) is 42.8 Å². The second-order valence-corrected chi connectivity index (χ2v) is 4.95. The van der Waals surface area contributed by atoms with E-state index >= 15 is 0 Å². The van der Waals surface area contributed by atoms with Gasteiger partial charge in [-0.3, -0.25) is 4.90 Å². The highest BCUT2D eigenvalue weighted by Gasteiger charge is 2.25. The molecule has 3 rings (SSSR count). The molecule has 1 heterocycles. The topological polar surface area (TPSA) is 6.48 Å². The van der Waals surface area contributed by atoms with E-state index in [4.69, 9.17) is 26.7 Å². The maximum atomic E-state index is 8.59. The van der Waals surface area contributed by atoms with Gasteiger partial charge in [0.1, 0.15) is 0 Å². The smallest absolute Gasteiger partial charge is 0.0602 e. The molecule has 1 unspecified atom stereocenters. The van der Waals surface area contributed by atoms with Crippen molar-refractivity contribution in [2.24, 2.45) is 0 Å². The second kappa shape index (κ2) is 6.61. The number of rotatable bonds is 3. The van der Waals surface area contributed by atoms with Crippen molar-refractivity contribution >= 4 is 11.6 Å². The summed E-state index contributed by atoms with van der Waals surface area (Å²) in [6, 6.07) is 12.8. The third-order valence-electron chi connectivity index (χ3n) is 3.12. The molecule has 2 aromatic carbocycles. The summed E-state index contributed by atoms with van der Waals surface area (Å²) < 4.78 is 90.6. The Balaban J connectivity index is 2.34. The van der Waals surface area contributed by atoms with Gasteiger partial charge in [-0.2, -0.15) is 0 Å². The molecule has 1 aliphatic rings. The van der Waals surface area contributed by atoms with Crippen LogP contribution in [0, 0.1) is 0 Å². The molecule has 0 amide bonds. The Labute approximate surface area is 147 Å². The minimum atomic E-state index is -3.46. The Bertz CT molecular complexity index is 933. The number of halogens is 1. The van der Waals surface area contributed by atoms with Crippen molar-refractivity contribution in [3.05, 3.63) is 70.7 Å². The zero-order chi connectivity index (χ0) is 24.3. The average Bonchev–Trinajstić information content (AvgIpc) is 2.64. The van der Waals surface area contributed by atoms with Crippen LogP contribution in [0.4, 0.5) is 0 Å². The molecule has 2 aromatic rings. The van der Waals surface area contributed by atoms with Gasteiger partial charge in [0, 0.05) is 46.1 Å². The van der Waals surface area contributed by atoms with Crippen LogP contribution in [0.25, 0.3) is 0 Å². The standard InChI is InChI=1S/C18H21ClN2/c1-20-11-13-21(14-12-20)18(15-5-3-2-4-6-15)16-7-9-17(19)10-8-16/h2-10,18H,11-14H2,1H3/i1D3,11D2,12D2,13D2,14D2. The average molecular weight is 312 g/mol. The summed E-state index contributed by atoms with van der Waals surface area (Å²) in [7, 11) is 0. The molecule has 3 heteroatoms. The number of hydrogen-bond acceptors (Lipinski definition) is 2.